The summed E-state index contributed by atoms with van der Waals surface area (Å²) in [4.78, 5) is 1.42. The van der Waals surface area contributed by atoms with E-state index in [0.29, 0.717) is 12.0 Å². The van der Waals surface area contributed by atoms with Gasteiger partial charge in [0.2, 0.25) is 0 Å². The normalized spacial score (nSPS) is 25.3. The summed E-state index contributed by atoms with van der Waals surface area (Å²) >= 11 is 1.82. The van der Waals surface area contributed by atoms with Gasteiger partial charge in [0, 0.05) is 15.6 Å². The average molecular weight is 249 g/mol. The molecule has 1 aliphatic heterocycles. The Bertz CT molecular complexity index is 534. The molecule has 0 aliphatic carbocycles. The minimum atomic E-state index is -0.138. The Morgan fingerprint density at radius 2 is 2.24 bits per heavy atom. The second-order valence-electron chi connectivity index (χ2n) is 4.91. The number of fused-ring (bicyclic) bond motifs is 1. The summed E-state index contributed by atoms with van der Waals surface area (Å²) in [5.41, 5.74) is 0. The van der Waals surface area contributed by atoms with Crippen molar-refractivity contribution in [2.24, 2.45) is 0 Å². The van der Waals surface area contributed by atoms with Crippen LogP contribution in [0.25, 0.3) is 10.1 Å². The van der Waals surface area contributed by atoms with Gasteiger partial charge in [-0.2, -0.15) is 0 Å². The van der Waals surface area contributed by atoms with Crippen molar-refractivity contribution in [1.82, 2.24) is 5.32 Å². The third-order valence-corrected chi connectivity index (χ3v) is 4.80. The van der Waals surface area contributed by atoms with Crippen LogP contribution in [0.1, 0.15) is 30.6 Å². The van der Waals surface area contributed by atoms with E-state index in [4.69, 9.17) is 0 Å². The molecule has 0 amide bonds. The Kier molecular flexibility index (Phi) is 2.89. The van der Waals surface area contributed by atoms with Crippen LogP contribution in [-0.2, 0) is 0 Å². The van der Waals surface area contributed by atoms with Gasteiger partial charge in [-0.05, 0) is 61.9 Å². The zero-order valence-electron chi connectivity index (χ0n) is 9.87. The molecule has 2 aromatic rings. The first-order chi connectivity index (χ1) is 8.22. The zero-order chi connectivity index (χ0) is 11.8. The van der Waals surface area contributed by atoms with Gasteiger partial charge < -0.3 is 5.32 Å². The fourth-order valence-corrected chi connectivity index (χ4v) is 3.82. The summed E-state index contributed by atoms with van der Waals surface area (Å²) in [5, 5.41) is 4.52. The lowest BCUT2D eigenvalue weighted by Crippen LogP contribution is -2.34. The Labute approximate surface area is 105 Å². The summed E-state index contributed by atoms with van der Waals surface area (Å²) in [6, 6.07) is 7.85. The van der Waals surface area contributed by atoms with Gasteiger partial charge in [-0.3, -0.25) is 0 Å². The average Bonchev–Trinajstić information content (AvgIpc) is 2.72. The maximum Gasteiger partial charge on any atom is 0.123 e. The van der Waals surface area contributed by atoms with Crippen LogP contribution >= 0.6 is 11.3 Å². The smallest absolute Gasteiger partial charge is 0.123 e. The summed E-state index contributed by atoms with van der Waals surface area (Å²) in [7, 11) is 0. The maximum absolute atomic E-state index is 13.1. The second kappa shape index (κ2) is 4.39. The number of rotatable bonds is 1. The molecule has 1 N–H and O–H groups in total. The molecule has 1 nitrogen and oxygen atoms in total. The number of hydrogen-bond acceptors (Lipinski definition) is 2. The van der Waals surface area contributed by atoms with Crippen LogP contribution in [0.3, 0.4) is 0 Å². The number of thiophene rings is 1. The maximum atomic E-state index is 13.1. The molecular formula is C14H16FNS. The first-order valence-electron chi connectivity index (χ1n) is 6.15. The molecule has 2 unspecified atom stereocenters. The molecule has 1 aromatic heterocycles. The molecule has 2 atom stereocenters. The monoisotopic (exact) mass is 249 g/mol. The van der Waals surface area contributed by atoms with Crippen LogP contribution in [0, 0.1) is 5.82 Å². The van der Waals surface area contributed by atoms with Gasteiger partial charge in [-0.25, -0.2) is 4.39 Å². The van der Waals surface area contributed by atoms with Gasteiger partial charge in [0.25, 0.3) is 0 Å². The molecule has 3 heteroatoms. The first-order valence-corrected chi connectivity index (χ1v) is 6.96. The second-order valence-corrected chi connectivity index (χ2v) is 6.02. The van der Waals surface area contributed by atoms with E-state index in [9.17, 15) is 4.39 Å². The van der Waals surface area contributed by atoms with Crippen LogP contribution in [-0.4, -0.2) is 12.6 Å². The van der Waals surface area contributed by atoms with E-state index < -0.39 is 0 Å². The molecule has 90 valence electrons. The fraction of sp³-hybridized carbons (Fsp3) is 0.429. The lowest BCUT2D eigenvalue weighted by molar-refractivity contribution is 0.384. The van der Waals surface area contributed by atoms with Crippen LogP contribution < -0.4 is 5.32 Å². The molecule has 2 heterocycles. The predicted molar refractivity (Wildman–Crippen MR) is 71.2 cm³/mol. The van der Waals surface area contributed by atoms with Crippen molar-refractivity contribution >= 4 is 21.4 Å². The van der Waals surface area contributed by atoms with Gasteiger partial charge in [-0.15, -0.1) is 11.3 Å². The van der Waals surface area contributed by atoms with Crippen molar-refractivity contribution in [2.45, 2.75) is 31.7 Å². The number of nitrogens with one attached hydrogen (secondary N) is 1. The van der Waals surface area contributed by atoms with Gasteiger partial charge in [0.1, 0.15) is 5.82 Å². The number of piperidine rings is 1. The number of hydrogen-bond donors (Lipinski definition) is 1. The minimum absolute atomic E-state index is 0.138. The van der Waals surface area contributed by atoms with Gasteiger partial charge in [0.05, 0.1) is 0 Å². The zero-order valence-corrected chi connectivity index (χ0v) is 10.7. The van der Waals surface area contributed by atoms with E-state index in [1.54, 1.807) is 12.1 Å². The van der Waals surface area contributed by atoms with E-state index in [1.165, 1.54) is 22.4 Å². The first kappa shape index (κ1) is 11.2. The lowest BCUT2D eigenvalue weighted by atomic mass is 9.92. The molecule has 3 rings (SSSR count). The van der Waals surface area contributed by atoms with Crippen LogP contribution in [0.5, 0.6) is 0 Å². The van der Waals surface area contributed by atoms with Crippen molar-refractivity contribution in [3.05, 3.63) is 35.0 Å². The molecule has 1 aliphatic rings. The van der Waals surface area contributed by atoms with Crippen molar-refractivity contribution in [3.63, 3.8) is 0 Å². The van der Waals surface area contributed by atoms with E-state index in [0.717, 1.165) is 11.9 Å². The SMILES string of the molecule is CC1CC(c2cc3cc(F)ccc3s2)CCN1. The molecule has 0 radical (unpaired) electrons. The molecular weight excluding hydrogens is 233 g/mol. The van der Waals surface area contributed by atoms with Crippen molar-refractivity contribution in [3.8, 4) is 0 Å². The highest BCUT2D eigenvalue weighted by atomic mass is 32.1. The Hall–Kier alpha value is -0.930. The molecule has 0 saturated carbocycles. The molecule has 1 aromatic carbocycles. The fourth-order valence-electron chi connectivity index (χ4n) is 2.63. The van der Waals surface area contributed by atoms with Crippen molar-refractivity contribution in [1.29, 1.82) is 0 Å². The Balaban J connectivity index is 1.94. The standard InChI is InChI=1S/C14H16FNS/c1-9-6-10(4-5-16-9)14-8-11-7-12(15)2-3-13(11)17-14/h2-3,7-10,16H,4-6H2,1H3. The topological polar surface area (TPSA) is 12.0 Å². The quantitative estimate of drug-likeness (QED) is 0.808. The Morgan fingerprint density at radius 1 is 1.35 bits per heavy atom. The Morgan fingerprint density at radius 3 is 3.06 bits per heavy atom. The number of halogens is 1. The van der Waals surface area contributed by atoms with E-state index in [-0.39, 0.29) is 5.82 Å². The van der Waals surface area contributed by atoms with E-state index in [1.807, 2.05) is 17.4 Å². The summed E-state index contributed by atoms with van der Waals surface area (Å²) < 4.78 is 14.3. The predicted octanol–water partition coefficient (Wildman–Crippen LogP) is 3.90. The molecule has 1 saturated heterocycles. The highest BCUT2D eigenvalue weighted by Crippen LogP contribution is 2.36. The van der Waals surface area contributed by atoms with E-state index >= 15 is 0 Å². The van der Waals surface area contributed by atoms with Gasteiger partial charge in [-0.1, -0.05) is 0 Å². The van der Waals surface area contributed by atoms with Crippen LogP contribution in [0.4, 0.5) is 4.39 Å². The van der Waals surface area contributed by atoms with Gasteiger partial charge in [0.15, 0.2) is 0 Å². The summed E-state index contributed by atoms with van der Waals surface area (Å²) in [5.74, 6) is 0.507. The van der Waals surface area contributed by atoms with Crippen LogP contribution in [0.2, 0.25) is 0 Å². The van der Waals surface area contributed by atoms with E-state index in [2.05, 4.69) is 18.3 Å². The van der Waals surface area contributed by atoms with Crippen LogP contribution in [0.15, 0.2) is 24.3 Å². The number of benzene rings is 1. The molecule has 0 bridgehead atoms. The molecule has 17 heavy (non-hydrogen) atoms. The highest BCUT2D eigenvalue weighted by Gasteiger charge is 2.21. The molecule has 0 spiro atoms. The lowest BCUT2D eigenvalue weighted by Gasteiger charge is -2.27. The van der Waals surface area contributed by atoms with Crippen molar-refractivity contribution in [2.75, 3.05) is 6.54 Å². The third-order valence-electron chi connectivity index (χ3n) is 3.52. The largest absolute Gasteiger partial charge is 0.314 e. The highest BCUT2D eigenvalue weighted by molar-refractivity contribution is 7.19. The molecule has 1 fully saturated rings. The summed E-state index contributed by atoms with van der Waals surface area (Å²) in [6.07, 6.45) is 2.38. The van der Waals surface area contributed by atoms with Gasteiger partial charge >= 0.3 is 0 Å². The summed E-state index contributed by atoms with van der Waals surface area (Å²) in [6.45, 7) is 3.33. The third kappa shape index (κ3) is 2.22. The minimum Gasteiger partial charge on any atom is -0.314 e. The van der Waals surface area contributed by atoms with Crippen molar-refractivity contribution < 1.29 is 4.39 Å².